The average molecular weight is 352 g/mol. The number of aryl methyl sites for hydroxylation is 1. The highest BCUT2D eigenvalue weighted by Gasteiger charge is 2.27. The van der Waals surface area contributed by atoms with E-state index in [4.69, 9.17) is 4.74 Å². The molecule has 0 atom stereocenters. The summed E-state index contributed by atoms with van der Waals surface area (Å²) < 4.78 is 34.2. The summed E-state index contributed by atoms with van der Waals surface area (Å²) in [5, 5.41) is 11.5. The van der Waals surface area contributed by atoms with Crippen LogP contribution in [0.3, 0.4) is 0 Å². The first-order chi connectivity index (χ1) is 11.8. The number of anilines is 1. The summed E-state index contributed by atoms with van der Waals surface area (Å²) in [6.07, 6.45) is 0. The first-order valence-corrected chi connectivity index (χ1v) is 7.40. The van der Waals surface area contributed by atoms with E-state index >= 15 is 0 Å². The number of nitrogens with zero attached hydrogens (tertiary/aromatic N) is 2. The van der Waals surface area contributed by atoms with Gasteiger partial charge in [0.2, 0.25) is 5.75 Å². The second kappa shape index (κ2) is 7.78. The number of alkyl halides is 2. The standard InChI is InChI=1S/C17H18F2N2O4/c1-11-5-4-6-13(9-11)20(2)10-12-7-8-14(25-17(18)19)16(24-3)15(12)21(22)23/h4-9,17H,10H2,1-3H3. The zero-order valence-corrected chi connectivity index (χ0v) is 14.0. The minimum absolute atomic E-state index is 0.199. The third-order valence-electron chi connectivity index (χ3n) is 3.63. The number of nitro groups is 1. The third-order valence-corrected chi connectivity index (χ3v) is 3.63. The summed E-state index contributed by atoms with van der Waals surface area (Å²) in [4.78, 5) is 12.6. The van der Waals surface area contributed by atoms with Gasteiger partial charge >= 0.3 is 12.3 Å². The summed E-state index contributed by atoms with van der Waals surface area (Å²) in [7, 11) is 2.96. The molecule has 0 aromatic heterocycles. The second-order valence-corrected chi connectivity index (χ2v) is 5.44. The van der Waals surface area contributed by atoms with Gasteiger partial charge in [0.25, 0.3) is 0 Å². The number of hydrogen-bond acceptors (Lipinski definition) is 5. The van der Waals surface area contributed by atoms with E-state index in [0.29, 0.717) is 5.56 Å². The van der Waals surface area contributed by atoms with E-state index in [2.05, 4.69) is 4.74 Å². The van der Waals surface area contributed by atoms with E-state index in [1.807, 2.05) is 36.1 Å². The van der Waals surface area contributed by atoms with Gasteiger partial charge < -0.3 is 14.4 Å². The molecule has 25 heavy (non-hydrogen) atoms. The van der Waals surface area contributed by atoms with Crippen LogP contribution in [0.15, 0.2) is 36.4 Å². The highest BCUT2D eigenvalue weighted by molar-refractivity contribution is 5.62. The zero-order chi connectivity index (χ0) is 18.6. The van der Waals surface area contributed by atoms with Crippen molar-refractivity contribution >= 4 is 11.4 Å². The molecule has 2 aromatic carbocycles. The molecule has 0 N–H and O–H groups in total. The van der Waals surface area contributed by atoms with Crippen LogP contribution in [0.25, 0.3) is 0 Å². The Labute approximate surface area is 143 Å². The van der Waals surface area contributed by atoms with Gasteiger partial charge in [-0.1, -0.05) is 12.1 Å². The van der Waals surface area contributed by atoms with Crippen molar-refractivity contribution in [3.05, 3.63) is 57.6 Å². The van der Waals surface area contributed by atoms with Gasteiger partial charge in [-0.25, -0.2) is 0 Å². The Bertz CT molecular complexity index is 768. The molecule has 0 saturated heterocycles. The smallest absolute Gasteiger partial charge is 0.387 e. The fourth-order valence-electron chi connectivity index (χ4n) is 2.52. The van der Waals surface area contributed by atoms with E-state index in [1.165, 1.54) is 19.2 Å². The van der Waals surface area contributed by atoms with Crippen molar-refractivity contribution in [2.24, 2.45) is 0 Å². The fourth-order valence-corrected chi connectivity index (χ4v) is 2.52. The number of ether oxygens (including phenoxy) is 2. The predicted octanol–water partition coefficient (Wildman–Crippen LogP) is 4.15. The van der Waals surface area contributed by atoms with Gasteiger partial charge in [0.05, 0.1) is 17.6 Å². The van der Waals surface area contributed by atoms with E-state index in [1.54, 1.807) is 7.05 Å². The van der Waals surface area contributed by atoms with Crippen LogP contribution in [0.1, 0.15) is 11.1 Å². The molecule has 2 rings (SSSR count). The lowest BCUT2D eigenvalue weighted by Gasteiger charge is -2.21. The minimum Gasteiger partial charge on any atom is -0.488 e. The fraction of sp³-hybridized carbons (Fsp3) is 0.294. The molecule has 0 spiro atoms. The highest BCUT2D eigenvalue weighted by Crippen LogP contribution is 2.41. The number of benzene rings is 2. The highest BCUT2D eigenvalue weighted by atomic mass is 19.3. The molecule has 0 amide bonds. The first-order valence-electron chi connectivity index (χ1n) is 7.40. The number of nitro benzene ring substituents is 1. The van der Waals surface area contributed by atoms with E-state index in [0.717, 1.165) is 11.3 Å². The Balaban J connectivity index is 2.41. The average Bonchev–Trinajstić information content (AvgIpc) is 2.54. The maximum atomic E-state index is 12.5. The van der Waals surface area contributed by atoms with Crippen molar-refractivity contribution in [1.82, 2.24) is 0 Å². The summed E-state index contributed by atoms with van der Waals surface area (Å²) >= 11 is 0. The Morgan fingerprint density at radius 1 is 1.28 bits per heavy atom. The SMILES string of the molecule is COc1c(OC(F)F)ccc(CN(C)c2cccc(C)c2)c1[N+](=O)[O-]. The lowest BCUT2D eigenvalue weighted by molar-refractivity contribution is -0.386. The van der Waals surface area contributed by atoms with Crippen LogP contribution in [-0.4, -0.2) is 25.7 Å². The third kappa shape index (κ3) is 4.34. The van der Waals surface area contributed by atoms with Crippen molar-refractivity contribution in [3.63, 3.8) is 0 Å². The second-order valence-electron chi connectivity index (χ2n) is 5.44. The Kier molecular flexibility index (Phi) is 5.74. The molecule has 0 heterocycles. The van der Waals surface area contributed by atoms with E-state index in [-0.39, 0.29) is 23.7 Å². The summed E-state index contributed by atoms with van der Waals surface area (Å²) in [5.41, 5.74) is 1.87. The Morgan fingerprint density at radius 3 is 2.56 bits per heavy atom. The summed E-state index contributed by atoms with van der Waals surface area (Å²) in [5.74, 6) is -0.688. The van der Waals surface area contributed by atoms with Gasteiger partial charge in [0.15, 0.2) is 5.75 Å². The van der Waals surface area contributed by atoms with Crippen molar-refractivity contribution in [2.75, 3.05) is 19.1 Å². The quantitative estimate of drug-likeness (QED) is 0.553. The molecule has 0 fully saturated rings. The van der Waals surface area contributed by atoms with Crippen LogP contribution in [0.2, 0.25) is 0 Å². The van der Waals surface area contributed by atoms with Gasteiger partial charge in [-0.05, 0) is 36.8 Å². The van der Waals surface area contributed by atoms with Gasteiger partial charge in [-0.3, -0.25) is 10.1 Å². The molecule has 2 aromatic rings. The zero-order valence-electron chi connectivity index (χ0n) is 14.0. The molecule has 0 radical (unpaired) electrons. The number of methoxy groups -OCH3 is 1. The van der Waals surface area contributed by atoms with Crippen LogP contribution >= 0.6 is 0 Å². The number of rotatable bonds is 7. The van der Waals surface area contributed by atoms with E-state index in [9.17, 15) is 18.9 Å². The van der Waals surface area contributed by atoms with Crippen LogP contribution in [-0.2, 0) is 6.54 Å². The van der Waals surface area contributed by atoms with Crippen LogP contribution in [0, 0.1) is 17.0 Å². The number of hydrogen-bond donors (Lipinski definition) is 0. The van der Waals surface area contributed by atoms with Crippen LogP contribution in [0.4, 0.5) is 20.2 Å². The van der Waals surface area contributed by atoms with Crippen LogP contribution < -0.4 is 14.4 Å². The summed E-state index contributed by atoms with van der Waals surface area (Å²) in [6.45, 7) is -0.959. The molecule has 0 bridgehead atoms. The molecule has 6 nitrogen and oxygen atoms in total. The van der Waals surface area contributed by atoms with Crippen molar-refractivity contribution < 1.29 is 23.2 Å². The van der Waals surface area contributed by atoms with Gasteiger partial charge in [-0.2, -0.15) is 8.78 Å². The minimum atomic E-state index is -3.10. The maximum Gasteiger partial charge on any atom is 0.387 e. The summed E-state index contributed by atoms with van der Waals surface area (Å²) in [6, 6.07) is 10.3. The molecular weight excluding hydrogens is 334 g/mol. The molecular formula is C17H18F2N2O4. The topological polar surface area (TPSA) is 64.8 Å². The van der Waals surface area contributed by atoms with Gasteiger partial charge in [0.1, 0.15) is 0 Å². The van der Waals surface area contributed by atoms with Gasteiger partial charge in [-0.15, -0.1) is 0 Å². The molecule has 134 valence electrons. The molecule has 0 aliphatic carbocycles. The normalized spacial score (nSPS) is 10.6. The molecule has 0 aliphatic heterocycles. The first kappa shape index (κ1) is 18.4. The van der Waals surface area contributed by atoms with Gasteiger partial charge in [0, 0.05) is 19.3 Å². The molecule has 0 saturated carbocycles. The lowest BCUT2D eigenvalue weighted by Crippen LogP contribution is -2.18. The number of halogens is 2. The Hall–Kier alpha value is -2.90. The maximum absolute atomic E-state index is 12.5. The Morgan fingerprint density at radius 2 is 2.00 bits per heavy atom. The molecule has 0 aliphatic rings. The van der Waals surface area contributed by atoms with Crippen molar-refractivity contribution in [2.45, 2.75) is 20.1 Å². The molecule has 8 heteroatoms. The lowest BCUT2D eigenvalue weighted by atomic mass is 10.1. The molecule has 0 unspecified atom stereocenters. The van der Waals surface area contributed by atoms with Crippen molar-refractivity contribution in [3.8, 4) is 11.5 Å². The van der Waals surface area contributed by atoms with Crippen LogP contribution in [0.5, 0.6) is 11.5 Å². The van der Waals surface area contributed by atoms with Crippen molar-refractivity contribution in [1.29, 1.82) is 0 Å². The monoisotopic (exact) mass is 352 g/mol. The predicted molar refractivity (Wildman–Crippen MR) is 89.6 cm³/mol. The van der Waals surface area contributed by atoms with E-state index < -0.39 is 11.5 Å². The largest absolute Gasteiger partial charge is 0.488 e.